The fraction of sp³-hybridized carbons (Fsp3) is 0.647. The molecular formula is C17H28N2O2. The van der Waals surface area contributed by atoms with E-state index in [2.05, 4.69) is 48.3 Å². The molecule has 118 valence electrons. The van der Waals surface area contributed by atoms with E-state index in [-0.39, 0.29) is 5.54 Å². The van der Waals surface area contributed by atoms with Crippen LogP contribution in [-0.4, -0.2) is 50.4 Å². The second-order valence-electron chi connectivity index (χ2n) is 6.22. The molecule has 0 atom stereocenters. The van der Waals surface area contributed by atoms with Crippen LogP contribution < -0.4 is 5.32 Å². The molecule has 0 amide bonds. The molecule has 1 saturated heterocycles. The van der Waals surface area contributed by atoms with Gasteiger partial charge >= 0.3 is 0 Å². The maximum Gasteiger partial charge on any atom is 0.0716 e. The lowest BCUT2D eigenvalue weighted by molar-refractivity contribution is -0.00967. The van der Waals surface area contributed by atoms with Gasteiger partial charge in [-0.25, -0.2) is 0 Å². The van der Waals surface area contributed by atoms with Crippen LogP contribution in [0.5, 0.6) is 0 Å². The Morgan fingerprint density at radius 2 is 1.86 bits per heavy atom. The molecule has 1 fully saturated rings. The molecule has 1 N–H and O–H groups in total. The molecule has 2 rings (SSSR count). The molecule has 0 unspecified atom stereocenters. The molecule has 0 aromatic heterocycles. The minimum Gasteiger partial charge on any atom is -0.380 e. The zero-order valence-electron chi connectivity index (χ0n) is 13.5. The highest BCUT2D eigenvalue weighted by atomic mass is 16.5. The molecule has 1 aromatic carbocycles. The average molecular weight is 292 g/mol. The molecule has 0 radical (unpaired) electrons. The normalized spacial score (nSPS) is 17.1. The summed E-state index contributed by atoms with van der Waals surface area (Å²) in [5, 5.41) is 3.60. The highest BCUT2D eigenvalue weighted by molar-refractivity contribution is 5.26. The van der Waals surface area contributed by atoms with Gasteiger partial charge in [0.25, 0.3) is 0 Å². The molecule has 4 nitrogen and oxygen atoms in total. The minimum absolute atomic E-state index is 0.153. The van der Waals surface area contributed by atoms with E-state index in [9.17, 15) is 0 Å². The van der Waals surface area contributed by atoms with E-state index in [0.29, 0.717) is 6.61 Å². The zero-order chi connectivity index (χ0) is 15.1. The van der Waals surface area contributed by atoms with Crippen LogP contribution >= 0.6 is 0 Å². The molecule has 1 aromatic rings. The van der Waals surface area contributed by atoms with Gasteiger partial charge in [0.15, 0.2) is 0 Å². The molecular weight excluding hydrogens is 264 g/mol. The number of benzene rings is 1. The Morgan fingerprint density at radius 3 is 2.52 bits per heavy atom. The maximum absolute atomic E-state index is 5.44. The van der Waals surface area contributed by atoms with Crippen LogP contribution in [0.2, 0.25) is 0 Å². The number of nitrogens with one attached hydrogen (secondary N) is 1. The Morgan fingerprint density at radius 1 is 1.19 bits per heavy atom. The molecule has 0 saturated carbocycles. The minimum atomic E-state index is 0.153. The van der Waals surface area contributed by atoms with E-state index in [1.54, 1.807) is 7.11 Å². The Labute approximate surface area is 128 Å². The predicted octanol–water partition coefficient (Wildman–Crippen LogP) is 2.03. The van der Waals surface area contributed by atoms with Gasteiger partial charge in [-0.15, -0.1) is 0 Å². The predicted molar refractivity (Wildman–Crippen MR) is 85.3 cm³/mol. The molecule has 21 heavy (non-hydrogen) atoms. The molecule has 1 aliphatic rings. The largest absolute Gasteiger partial charge is 0.380 e. The van der Waals surface area contributed by atoms with Crippen molar-refractivity contribution in [1.82, 2.24) is 10.2 Å². The van der Waals surface area contributed by atoms with Gasteiger partial charge in [0, 0.05) is 38.8 Å². The summed E-state index contributed by atoms with van der Waals surface area (Å²) >= 11 is 0. The maximum atomic E-state index is 5.44. The first kappa shape index (κ1) is 16.4. The number of methoxy groups -OCH3 is 1. The van der Waals surface area contributed by atoms with Crippen LogP contribution in [0.15, 0.2) is 24.3 Å². The molecule has 0 spiro atoms. The van der Waals surface area contributed by atoms with Crippen molar-refractivity contribution in [1.29, 1.82) is 0 Å². The van der Waals surface area contributed by atoms with Gasteiger partial charge in [0.05, 0.1) is 19.8 Å². The number of nitrogens with zero attached hydrogens (tertiary/aromatic N) is 1. The highest BCUT2D eigenvalue weighted by Gasteiger charge is 2.27. The Balaban J connectivity index is 1.85. The van der Waals surface area contributed by atoms with Crippen molar-refractivity contribution < 1.29 is 9.47 Å². The van der Waals surface area contributed by atoms with Crippen molar-refractivity contribution in [2.24, 2.45) is 0 Å². The first-order chi connectivity index (χ1) is 10.1. The van der Waals surface area contributed by atoms with Gasteiger partial charge in [0.1, 0.15) is 0 Å². The van der Waals surface area contributed by atoms with Crippen LogP contribution in [0, 0.1) is 0 Å². The van der Waals surface area contributed by atoms with Crippen molar-refractivity contribution in [3.8, 4) is 0 Å². The van der Waals surface area contributed by atoms with Gasteiger partial charge < -0.3 is 14.8 Å². The van der Waals surface area contributed by atoms with Gasteiger partial charge in [-0.2, -0.15) is 0 Å². The summed E-state index contributed by atoms with van der Waals surface area (Å²) in [4.78, 5) is 2.50. The summed E-state index contributed by atoms with van der Waals surface area (Å²) in [6.45, 7) is 10.9. The summed E-state index contributed by atoms with van der Waals surface area (Å²) < 4.78 is 10.7. The van der Waals surface area contributed by atoms with Crippen LogP contribution in [0.1, 0.15) is 25.0 Å². The summed E-state index contributed by atoms with van der Waals surface area (Å²) in [5.41, 5.74) is 2.73. The quantitative estimate of drug-likeness (QED) is 0.834. The summed E-state index contributed by atoms with van der Waals surface area (Å²) in [5.74, 6) is 0. The number of hydrogen-bond acceptors (Lipinski definition) is 4. The third kappa shape index (κ3) is 4.78. The van der Waals surface area contributed by atoms with E-state index >= 15 is 0 Å². The topological polar surface area (TPSA) is 33.7 Å². The fourth-order valence-electron chi connectivity index (χ4n) is 2.81. The van der Waals surface area contributed by atoms with Crippen molar-refractivity contribution in [2.45, 2.75) is 32.5 Å². The van der Waals surface area contributed by atoms with Crippen molar-refractivity contribution in [3.05, 3.63) is 35.4 Å². The number of hydrogen-bond donors (Lipinski definition) is 1. The summed E-state index contributed by atoms with van der Waals surface area (Å²) in [6, 6.07) is 8.45. The van der Waals surface area contributed by atoms with Crippen molar-refractivity contribution in [2.75, 3.05) is 40.0 Å². The van der Waals surface area contributed by atoms with E-state index in [1.165, 1.54) is 11.1 Å². The molecule has 1 heterocycles. The number of ether oxygens (including phenoxy) is 2. The Hall–Kier alpha value is -0.940. The Kier molecular flexibility index (Phi) is 6.18. The van der Waals surface area contributed by atoms with Crippen LogP contribution in [0.4, 0.5) is 0 Å². The van der Waals surface area contributed by atoms with Gasteiger partial charge in [-0.05, 0) is 25.0 Å². The molecule has 1 aliphatic heterocycles. The van der Waals surface area contributed by atoms with Gasteiger partial charge in [-0.1, -0.05) is 24.3 Å². The van der Waals surface area contributed by atoms with Gasteiger partial charge in [0.2, 0.25) is 0 Å². The first-order valence-electron chi connectivity index (χ1n) is 7.73. The lowest BCUT2D eigenvalue weighted by Crippen LogP contribution is -2.54. The molecule has 4 heteroatoms. The summed E-state index contributed by atoms with van der Waals surface area (Å²) in [6.07, 6.45) is 0. The fourth-order valence-corrected chi connectivity index (χ4v) is 2.81. The number of morpholine rings is 1. The molecule has 0 bridgehead atoms. The highest BCUT2D eigenvalue weighted by Crippen LogP contribution is 2.16. The van der Waals surface area contributed by atoms with Crippen molar-refractivity contribution in [3.63, 3.8) is 0 Å². The van der Waals surface area contributed by atoms with Crippen LogP contribution in [0.3, 0.4) is 0 Å². The van der Waals surface area contributed by atoms with Gasteiger partial charge in [-0.3, -0.25) is 4.90 Å². The lowest BCUT2D eigenvalue weighted by atomic mass is 10.0. The van der Waals surface area contributed by atoms with E-state index in [4.69, 9.17) is 9.47 Å². The SMILES string of the molecule is COCc1ccccc1CNCC(C)(C)N1CCOCC1. The van der Waals surface area contributed by atoms with E-state index < -0.39 is 0 Å². The third-order valence-corrected chi connectivity index (χ3v) is 4.16. The summed E-state index contributed by atoms with van der Waals surface area (Å²) in [7, 11) is 1.74. The van der Waals surface area contributed by atoms with E-state index in [0.717, 1.165) is 39.4 Å². The first-order valence-corrected chi connectivity index (χ1v) is 7.73. The number of rotatable bonds is 7. The van der Waals surface area contributed by atoms with Crippen molar-refractivity contribution >= 4 is 0 Å². The van der Waals surface area contributed by atoms with E-state index in [1.807, 2.05) is 0 Å². The Bertz CT molecular complexity index is 429. The second kappa shape index (κ2) is 7.90. The monoisotopic (exact) mass is 292 g/mol. The van der Waals surface area contributed by atoms with Crippen LogP contribution in [-0.2, 0) is 22.6 Å². The third-order valence-electron chi connectivity index (χ3n) is 4.16. The lowest BCUT2D eigenvalue weighted by Gasteiger charge is -2.41. The zero-order valence-corrected chi connectivity index (χ0v) is 13.5. The average Bonchev–Trinajstić information content (AvgIpc) is 2.50. The standard InChI is InChI=1S/C17H28N2O2/c1-17(2,19-8-10-21-11-9-19)14-18-12-15-6-4-5-7-16(15)13-20-3/h4-7,18H,8-14H2,1-3H3. The smallest absolute Gasteiger partial charge is 0.0716 e. The van der Waals surface area contributed by atoms with Crippen LogP contribution in [0.25, 0.3) is 0 Å². The molecule has 0 aliphatic carbocycles. The second-order valence-corrected chi connectivity index (χ2v) is 6.22.